The van der Waals surface area contributed by atoms with Gasteiger partial charge in [0, 0.05) is 25.3 Å². The molecule has 30 heavy (non-hydrogen) atoms. The first-order chi connectivity index (χ1) is 14.7. The molecule has 4 heteroatoms. The SMILES string of the molecule is O=C(C(c1ccccc1)c1ccccc1)N(Cc1ccccc1F)CC1CCCO1. The van der Waals surface area contributed by atoms with Gasteiger partial charge >= 0.3 is 0 Å². The molecule has 3 aromatic carbocycles. The first-order valence-corrected chi connectivity index (χ1v) is 10.5. The van der Waals surface area contributed by atoms with Gasteiger partial charge in [0.15, 0.2) is 0 Å². The molecule has 0 N–H and O–H groups in total. The number of ether oxygens (including phenoxy) is 1. The summed E-state index contributed by atoms with van der Waals surface area (Å²) in [6.45, 7) is 1.40. The van der Waals surface area contributed by atoms with Crippen molar-refractivity contribution in [1.82, 2.24) is 4.90 Å². The van der Waals surface area contributed by atoms with E-state index in [1.54, 1.807) is 23.1 Å². The maximum atomic E-state index is 14.4. The van der Waals surface area contributed by atoms with Crippen LogP contribution in [0.2, 0.25) is 0 Å². The summed E-state index contributed by atoms with van der Waals surface area (Å²) in [5.74, 6) is -0.773. The molecule has 1 aliphatic heterocycles. The lowest BCUT2D eigenvalue weighted by atomic mass is 9.89. The highest BCUT2D eigenvalue weighted by molar-refractivity contribution is 5.87. The number of nitrogens with zero attached hydrogens (tertiary/aromatic N) is 1. The van der Waals surface area contributed by atoms with E-state index in [2.05, 4.69) is 0 Å². The van der Waals surface area contributed by atoms with Crippen molar-refractivity contribution in [2.75, 3.05) is 13.2 Å². The Hall–Kier alpha value is -2.98. The Morgan fingerprint density at radius 1 is 0.933 bits per heavy atom. The lowest BCUT2D eigenvalue weighted by molar-refractivity contribution is -0.134. The number of benzene rings is 3. The Balaban J connectivity index is 1.69. The van der Waals surface area contributed by atoms with E-state index in [1.807, 2.05) is 60.7 Å². The van der Waals surface area contributed by atoms with Crippen LogP contribution in [0.5, 0.6) is 0 Å². The molecule has 1 atom stereocenters. The Bertz CT molecular complexity index is 916. The quantitative estimate of drug-likeness (QED) is 0.545. The number of rotatable bonds is 7. The highest BCUT2D eigenvalue weighted by Gasteiger charge is 2.30. The van der Waals surface area contributed by atoms with Crippen molar-refractivity contribution < 1.29 is 13.9 Å². The highest BCUT2D eigenvalue weighted by Crippen LogP contribution is 2.28. The second kappa shape index (κ2) is 9.68. The lowest BCUT2D eigenvalue weighted by Crippen LogP contribution is -2.40. The number of hydrogen-bond acceptors (Lipinski definition) is 2. The highest BCUT2D eigenvalue weighted by atomic mass is 19.1. The van der Waals surface area contributed by atoms with Crippen LogP contribution in [-0.4, -0.2) is 30.1 Å². The first kappa shape index (κ1) is 20.3. The Labute approximate surface area is 177 Å². The molecule has 1 amide bonds. The smallest absolute Gasteiger partial charge is 0.234 e. The fourth-order valence-electron chi connectivity index (χ4n) is 4.05. The minimum atomic E-state index is -0.444. The van der Waals surface area contributed by atoms with Crippen molar-refractivity contribution in [3.05, 3.63) is 107 Å². The number of amides is 1. The van der Waals surface area contributed by atoms with E-state index in [0.29, 0.717) is 18.7 Å². The van der Waals surface area contributed by atoms with Crippen molar-refractivity contribution >= 4 is 5.91 Å². The Kier molecular flexibility index (Phi) is 6.55. The van der Waals surface area contributed by atoms with Gasteiger partial charge < -0.3 is 9.64 Å². The number of halogens is 1. The normalized spacial score (nSPS) is 16.0. The van der Waals surface area contributed by atoms with Gasteiger partial charge in [-0.2, -0.15) is 0 Å². The molecule has 3 aromatic rings. The van der Waals surface area contributed by atoms with Crippen LogP contribution >= 0.6 is 0 Å². The summed E-state index contributed by atoms with van der Waals surface area (Å²) in [6.07, 6.45) is 1.91. The van der Waals surface area contributed by atoms with E-state index < -0.39 is 5.92 Å². The largest absolute Gasteiger partial charge is 0.376 e. The summed E-state index contributed by atoms with van der Waals surface area (Å²) in [4.78, 5) is 15.7. The summed E-state index contributed by atoms with van der Waals surface area (Å²) >= 11 is 0. The van der Waals surface area contributed by atoms with Crippen LogP contribution < -0.4 is 0 Å². The molecule has 154 valence electrons. The third-order valence-electron chi connectivity index (χ3n) is 5.59. The fraction of sp³-hybridized carbons (Fsp3) is 0.269. The molecule has 1 unspecified atom stereocenters. The molecule has 1 aliphatic rings. The summed E-state index contributed by atoms with van der Waals surface area (Å²) in [5.41, 5.74) is 2.38. The molecule has 0 bridgehead atoms. The van der Waals surface area contributed by atoms with Crippen LogP contribution in [0.3, 0.4) is 0 Å². The van der Waals surface area contributed by atoms with Crippen molar-refractivity contribution in [2.24, 2.45) is 0 Å². The number of carbonyl (C=O) groups is 1. The van der Waals surface area contributed by atoms with Gasteiger partial charge in [0.25, 0.3) is 0 Å². The first-order valence-electron chi connectivity index (χ1n) is 10.5. The van der Waals surface area contributed by atoms with Crippen molar-refractivity contribution in [3.63, 3.8) is 0 Å². The van der Waals surface area contributed by atoms with Gasteiger partial charge in [0.1, 0.15) is 5.82 Å². The zero-order valence-corrected chi connectivity index (χ0v) is 16.9. The molecule has 0 aromatic heterocycles. The fourth-order valence-corrected chi connectivity index (χ4v) is 4.05. The topological polar surface area (TPSA) is 29.5 Å². The molecular formula is C26H26FNO2. The molecule has 1 fully saturated rings. The summed E-state index contributed by atoms with van der Waals surface area (Å²) in [5, 5.41) is 0. The van der Waals surface area contributed by atoms with E-state index in [0.717, 1.165) is 24.0 Å². The van der Waals surface area contributed by atoms with Gasteiger partial charge in [-0.15, -0.1) is 0 Å². The zero-order chi connectivity index (χ0) is 20.8. The van der Waals surface area contributed by atoms with E-state index in [4.69, 9.17) is 4.74 Å². The monoisotopic (exact) mass is 403 g/mol. The second-order valence-corrected chi connectivity index (χ2v) is 7.70. The maximum absolute atomic E-state index is 14.4. The number of carbonyl (C=O) groups excluding carboxylic acids is 1. The third kappa shape index (κ3) is 4.77. The average Bonchev–Trinajstić information content (AvgIpc) is 3.30. The van der Waals surface area contributed by atoms with E-state index in [9.17, 15) is 9.18 Å². The summed E-state index contributed by atoms with van der Waals surface area (Å²) in [6, 6.07) is 26.2. The summed E-state index contributed by atoms with van der Waals surface area (Å²) in [7, 11) is 0. The van der Waals surface area contributed by atoms with E-state index in [-0.39, 0.29) is 24.4 Å². The molecule has 0 spiro atoms. The second-order valence-electron chi connectivity index (χ2n) is 7.70. The maximum Gasteiger partial charge on any atom is 0.234 e. The van der Waals surface area contributed by atoms with Crippen LogP contribution in [0.15, 0.2) is 84.9 Å². The van der Waals surface area contributed by atoms with Crippen molar-refractivity contribution in [3.8, 4) is 0 Å². The van der Waals surface area contributed by atoms with Crippen LogP contribution in [0, 0.1) is 5.82 Å². The van der Waals surface area contributed by atoms with Gasteiger partial charge in [0.05, 0.1) is 12.0 Å². The predicted octanol–water partition coefficient (Wildman–Crippen LogP) is 5.17. The van der Waals surface area contributed by atoms with Crippen LogP contribution in [-0.2, 0) is 16.1 Å². The molecule has 1 saturated heterocycles. The van der Waals surface area contributed by atoms with Gasteiger partial charge in [0.2, 0.25) is 5.91 Å². The standard InChI is InChI=1S/C26H26FNO2/c27-24-16-8-7-14-22(24)18-28(19-23-15-9-17-30-23)26(29)25(20-10-3-1-4-11-20)21-12-5-2-6-13-21/h1-8,10-14,16,23,25H,9,15,17-19H2. The average molecular weight is 403 g/mol. The minimum Gasteiger partial charge on any atom is -0.376 e. The number of hydrogen-bond donors (Lipinski definition) is 0. The lowest BCUT2D eigenvalue weighted by Gasteiger charge is -2.30. The molecule has 1 heterocycles. The van der Waals surface area contributed by atoms with Gasteiger partial charge in [-0.3, -0.25) is 4.79 Å². The van der Waals surface area contributed by atoms with E-state index in [1.165, 1.54) is 6.07 Å². The van der Waals surface area contributed by atoms with Crippen molar-refractivity contribution in [2.45, 2.75) is 31.4 Å². The molecule has 0 radical (unpaired) electrons. The predicted molar refractivity (Wildman–Crippen MR) is 116 cm³/mol. The Morgan fingerprint density at radius 2 is 1.53 bits per heavy atom. The molecular weight excluding hydrogens is 377 g/mol. The molecule has 4 rings (SSSR count). The Morgan fingerprint density at radius 3 is 2.10 bits per heavy atom. The van der Waals surface area contributed by atoms with Crippen LogP contribution in [0.1, 0.15) is 35.4 Å². The summed E-state index contributed by atoms with van der Waals surface area (Å²) < 4.78 is 20.2. The molecule has 3 nitrogen and oxygen atoms in total. The van der Waals surface area contributed by atoms with Gasteiger partial charge in [-0.25, -0.2) is 4.39 Å². The van der Waals surface area contributed by atoms with Crippen LogP contribution in [0.25, 0.3) is 0 Å². The van der Waals surface area contributed by atoms with E-state index >= 15 is 0 Å². The van der Waals surface area contributed by atoms with Crippen molar-refractivity contribution in [1.29, 1.82) is 0 Å². The third-order valence-corrected chi connectivity index (χ3v) is 5.59. The zero-order valence-electron chi connectivity index (χ0n) is 16.9. The minimum absolute atomic E-state index is 0.00656. The van der Waals surface area contributed by atoms with Gasteiger partial charge in [-0.05, 0) is 30.0 Å². The molecule has 0 saturated carbocycles. The molecule has 0 aliphatic carbocycles. The van der Waals surface area contributed by atoms with Crippen LogP contribution in [0.4, 0.5) is 4.39 Å². The van der Waals surface area contributed by atoms with Gasteiger partial charge in [-0.1, -0.05) is 78.9 Å².